The molecule has 4 heterocycles. The fourth-order valence-electron chi connectivity index (χ4n) is 4.10. The van der Waals surface area contributed by atoms with Crippen molar-refractivity contribution in [3.8, 4) is 0 Å². The first-order chi connectivity index (χ1) is 19.0. The van der Waals surface area contributed by atoms with Gasteiger partial charge in [-0.1, -0.05) is 39.9 Å². The molecule has 1 aromatic carbocycles. The summed E-state index contributed by atoms with van der Waals surface area (Å²) >= 11 is 17.5. The smallest absolute Gasteiger partial charge is 0.421 e. The van der Waals surface area contributed by atoms with Crippen LogP contribution in [0.15, 0.2) is 44.8 Å². The number of nitrogens with zero attached hydrogens (tertiary/aromatic N) is 4. The molecule has 3 aliphatic rings. The molecule has 1 saturated heterocycles. The molecular formula is C22H23Cl2N8O4S4+. The molecule has 0 saturated carbocycles. The first kappa shape index (κ1) is 29.3. The molecule has 0 bridgehead atoms. The summed E-state index contributed by atoms with van der Waals surface area (Å²) in [5.41, 5.74) is 15.0. The van der Waals surface area contributed by atoms with Crippen molar-refractivity contribution in [2.45, 2.75) is 27.6 Å². The Morgan fingerprint density at radius 3 is 2.83 bits per heavy atom. The topological polar surface area (TPSA) is 171 Å². The largest absolute Gasteiger partial charge is 0.477 e. The number of aromatic nitrogens is 2. The number of halogens is 2. The highest BCUT2D eigenvalue weighted by Crippen LogP contribution is 2.44. The first-order valence-corrected chi connectivity index (χ1v) is 16.3. The van der Waals surface area contributed by atoms with Crippen LogP contribution >= 0.6 is 70.2 Å². The SMILES string of the molecule is CN1c2nc(N)cc(SCSC3=C(C(=O)O)N4C(=O)C(NC(=O)CSc5cc(Cl)ccc5Cl)C4SC3)[n+]2NC1N. The summed E-state index contributed by atoms with van der Waals surface area (Å²) in [6.07, 6.45) is -0.464. The van der Waals surface area contributed by atoms with Crippen LogP contribution in [0.2, 0.25) is 10.0 Å². The predicted octanol–water partition coefficient (Wildman–Crippen LogP) is 1.76. The van der Waals surface area contributed by atoms with Crippen LogP contribution in [-0.2, 0) is 14.4 Å². The number of carboxylic acids is 1. The summed E-state index contributed by atoms with van der Waals surface area (Å²) in [7, 11) is 1.79. The number of nitrogen functional groups attached to an aromatic ring is 1. The van der Waals surface area contributed by atoms with Crippen LogP contribution in [0.5, 0.6) is 0 Å². The molecule has 2 amide bonds. The second-order valence-corrected chi connectivity index (χ2v) is 14.0. The number of amides is 2. The van der Waals surface area contributed by atoms with Gasteiger partial charge in [0.15, 0.2) is 5.03 Å². The number of benzene rings is 1. The zero-order chi connectivity index (χ0) is 28.7. The van der Waals surface area contributed by atoms with Gasteiger partial charge < -0.3 is 16.2 Å². The second kappa shape index (κ2) is 12.0. The van der Waals surface area contributed by atoms with E-state index in [0.29, 0.717) is 42.4 Å². The van der Waals surface area contributed by atoms with E-state index in [2.05, 4.69) is 15.7 Å². The Morgan fingerprint density at radius 2 is 2.08 bits per heavy atom. The molecule has 5 rings (SSSR count). The van der Waals surface area contributed by atoms with Gasteiger partial charge in [0.05, 0.1) is 22.9 Å². The molecule has 0 aliphatic carbocycles. The number of nitrogens with two attached hydrogens (primary N) is 2. The number of anilines is 2. The molecule has 0 radical (unpaired) electrons. The molecule has 12 nitrogen and oxygen atoms in total. The lowest BCUT2D eigenvalue weighted by Crippen LogP contribution is -2.70. The third-order valence-electron chi connectivity index (χ3n) is 6.06. The van der Waals surface area contributed by atoms with Crippen LogP contribution < -0.4 is 31.8 Å². The van der Waals surface area contributed by atoms with Crippen LogP contribution in [0.1, 0.15) is 0 Å². The predicted molar refractivity (Wildman–Crippen MR) is 160 cm³/mol. The van der Waals surface area contributed by atoms with Gasteiger partial charge in [0.2, 0.25) is 18.0 Å². The van der Waals surface area contributed by atoms with Crippen molar-refractivity contribution in [3.05, 3.63) is 44.9 Å². The number of thioether (sulfide) groups is 4. The lowest BCUT2D eigenvalue weighted by molar-refractivity contribution is -0.670. The van der Waals surface area contributed by atoms with Gasteiger partial charge in [0.25, 0.3) is 5.91 Å². The van der Waals surface area contributed by atoms with Gasteiger partial charge in [0.1, 0.15) is 17.1 Å². The van der Waals surface area contributed by atoms with Gasteiger partial charge in [-0.05, 0) is 18.2 Å². The minimum atomic E-state index is -1.19. The maximum atomic E-state index is 13.0. The number of carbonyl (C=O) groups excluding carboxylic acids is 2. The minimum absolute atomic E-state index is 0.0258. The van der Waals surface area contributed by atoms with Crippen molar-refractivity contribution < 1.29 is 24.2 Å². The van der Waals surface area contributed by atoms with Crippen LogP contribution in [0.3, 0.4) is 0 Å². The Balaban J connectivity index is 1.21. The van der Waals surface area contributed by atoms with Crippen molar-refractivity contribution in [2.75, 3.05) is 39.7 Å². The first-order valence-electron chi connectivity index (χ1n) is 11.6. The van der Waals surface area contributed by atoms with Crippen LogP contribution in [-0.4, -0.2) is 74.1 Å². The minimum Gasteiger partial charge on any atom is -0.477 e. The summed E-state index contributed by atoms with van der Waals surface area (Å²) in [5, 5.41) is 14.4. The van der Waals surface area contributed by atoms with E-state index in [-0.39, 0.29) is 17.4 Å². The summed E-state index contributed by atoms with van der Waals surface area (Å²) in [6, 6.07) is 5.86. The number of fused-ring (bicyclic) bond motifs is 2. The maximum absolute atomic E-state index is 13.0. The molecule has 0 spiro atoms. The van der Waals surface area contributed by atoms with Crippen molar-refractivity contribution in [3.63, 3.8) is 0 Å². The number of nitrogens with one attached hydrogen (secondary N) is 2. The maximum Gasteiger partial charge on any atom is 0.421 e. The molecule has 7 N–H and O–H groups in total. The zero-order valence-corrected chi connectivity index (χ0v) is 25.4. The Hall–Kier alpha value is -2.21. The highest BCUT2D eigenvalue weighted by Gasteiger charge is 2.54. The van der Waals surface area contributed by atoms with Crippen molar-refractivity contribution in [2.24, 2.45) is 5.73 Å². The third kappa shape index (κ3) is 5.75. The normalized spacial score (nSPS) is 21.5. The summed E-state index contributed by atoms with van der Waals surface area (Å²) in [4.78, 5) is 46.3. The van der Waals surface area contributed by atoms with Gasteiger partial charge in [-0.15, -0.1) is 40.0 Å². The highest BCUT2D eigenvalue weighted by atomic mass is 35.5. The van der Waals surface area contributed by atoms with E-state index in [0.717, 1.165) is 5.03 Å². The molecule has 3 atom stereocenters. The fourth-order valence-corrected chi connectivity index (χ4v) is 9.22. The number of carboxylic acid groups (broad SMARTS) is 1. The fraction of sp³-hybridized carbons (Fsp3) is 0.318. The van der Waals surface area contributed by atoms with Crippen LogP contribution in [0.4, 0.5) is 11.8 Å². The van der Waals surface area contributed by atoms with Gasteiger partial charge >= 0.3 is 11.9 Å². The Bertz CT molecular complexity index is 1430. The number of hydrogen-bond donors (Lipinski definition) is 5. The number of rotatable bonds is 9. The number of β-lactam (4-membered cyclic amide) rings is 1. The van der Waals surface area contributed by atoms with E-state index in [1.54, 1.807) is 40.9 Å². The molecular weight excluding hydrogens is 639 g/mol. The van der Waals surface area contributed by atoms with Crippen LogP contribution in [0.25, 0.3) is 0 Å². The Kier molecular flexibility index (Phi) is 8.75. The molecule has 3 aliphatic heterocycles. The van der Waals surface area contributed by atoms with E-state index in [4.69, 9.17) is 34.7 Å². The lowest BCUT2D eigenvalue weighted by Gasteiger charge is -2.49. The van der Waals surface area contributed by atoms with E-state index in [1.165, 1.54) is 51.9 Å². The van der Waals surface area contributed by atoms with E-state index in [1.807, 2.05) is 0 Å². The number of hydrogen-bond acceptors (Lipinski definition) is 12. The number of carbonyl (C=O) groups is 3. The number of aliphatic carboxylic acids is 1. The lowest BCUT2D eigenvalue weighted by atomic mass is 10.1. The molecule has 18 heteroatoms. The van der Waals surface area contributed by atoms with Gasteiger partial charge in [-0.25, -0.2) is 15.1 Å². The average Bonchev–Trinajstić information content (AvgIpc) is 3.20. The third-order valence-corrected chi connectivity index (χ3v) is 11.5. The summed E-state index contributed by atoms with van der Waals surface area (Å²) in [6.45, 7) is 0. The molecule has 1 fully saturated rings. The Labute approximate surface area is 255 Å². The highest BCUT2D eigenvalue weighted by molar-refractivity contribution is 8.18. The molecule has 40 heavy (non-hydrogen) atoms. The van der Waals surface area contributed by atoms with Crippen LogP contribution in [0, 0.1) is 0 Å². The Morgan fingerprint density at radius 1 is 1.30 bits per heavy atom. The van der Waals surface area contributed by atoms with E-state index < -0.39 is 29.6 Å². The summed E-state index contributed by atoms with van der Waals surface area (Å²) < 4.78 is 1.73. The quantitative estimate of drug-likeness (QED) is 0.0866. The van der Waals surface area contributed by atoms with Crippen molar-refractivity contribution >= 4 is 99.8 Å². The average molecular weight is 663 g/mol. The zero-order valence-electron chi connectivity index (χ0n) is 20.7. The molecule has 3 unspecified atom stereocenters. The van der Waals surface area contributed by atoms with E-state index in [9.17, 15) is 19.5 Å². The van der Waals surface area contributed by atoms with E-state index >= 15 is 0 Å². The van der Waals surface area contributed by atoms with Gasteiger partial charge in [-0.3, -0.25) is 20.2 Å². The molecule has 212 valence electrons. The van der Waals surface area contributed by atoms with Crippen molar-refractivity contribution in [1.82, 2.24) is 15.2 Å². The summed E-state index contributed by atoms with van der Waals surface area (Å²) in [5.74, 6) is -0.715. The van der Waals surface area contributed by atoms with Gasteiger partial charge in [0, 0.05) is 26.6 Å². The van der Waals surface area contributed by atoms with Crippen molar-refractivity contribution in [1.29, 1.82) is 0 Å². The molecule has 1 aromatic heterocycles. The monoisotopic (exact) mass is 661 g/mol. The van der Waals surface area contributed by atoms with Gasteiger partial charge in [-0.2, -0.15) is 0 Å². The second-order valence-electron chi connectivity index (χ2n) is 8.64. The molecule has 2 aromatic rings. The standard InChI is InChI=1S/C22H22Cl2N8O4S4/c1-30-21(26)29-32-15(5-13(25)27-22(30)32)40-8-39-12-6-38-19-16(18(34)31(19)17(12)20(35)36)28-14(33)7-37-11-4-9(23)2-3-10(11)24/h2-5,16,19,21,25,29H,6-8,26H2,1H3,(H2,28,33,35,36)/p+1.